The number of thioether (sulfide) groups is 1. The lowest BCUT2D eigenvalue weighted by atomic mass is 10.1. The fraction of sp³-hybridized carbons (Fsp3) is 0.818. The Kier molecular flexibility index (Phi) is 4.86. The first-order chi connectivity index (χ1) is 9.02. The lowest BCUT2D eigenvalue weighted by Gasteiger charge is -2.21. The summed E-state index contributed by atoms with van der Waals surface area (Å²) >= 11 is 1.60. The van der Waals surface area contributed by atoms with E-state index in [4.69, 9.17) is 0 Å². The van der Waals surface area contributed by atoms with E-state index >= 15 is 0 Å². The first-order valence-corrected chi connectivity index (χ1v) is 9.18. The number of sulfone groups is 1. The molecule has 1 aliphatic heterocycles. The minimum absolute atomic E-state index is 0.244. The largest absolute Gasteiger partial charge is 0.313 e. The molecule has 8 heteroatoms. The Morgan fingerprint density at radius 1 is 1.47 bits per heavy atom. The molecule has 0 unspecified atom stereocenters. The van der Waals surface area contributed by atoms with Gasteiger partial charge >= 0.3 is 0 Å². The maximum Gasteiger partial charge on any atom is 0.190 e. The Hall–Kier alpha value is -0.600. The van der Waals surface area contributed by atoms with Crippen LogP contribution in [0.15, 0.2) is 5.16 Å². The molecule has 0 radical (unpaired) electrons. The van der Waals surface area contributed by atoms with Gasteiger partial charge in [-0.3, -0.25) is 0 Å². The number of hydrogen-bond donors (Lipinski definition) is 1. The molecule has 1 aliphatic rings. The molecule has 0 aromatic carbocycles. The summed E-state index contributed by atoms with van der Waals surface area (Å²) in [7, 11) is 0.991. The van der Waals surface area contributed by atoms with E-state index < -0.39 is 9.84 Å². The van der Waals surface area contributed by atoms with Gasteiger partial charge in [-0.05, 0) is 25.8 Å². The molecule has 0 saturated carbocycles. The molecule has 1 N–H and O–H groups in total. The van der Waals surface area contributed by atoms with Crippen molar-refractivity contribution in [2.75, 3.05) is 24.3 Å². The van der Waals surface area contributed by atoms with Gasteiger partial charge in [-0.2, -0.15) is 0 Å². The van der Waals surface area contributed by atoms with Gasteiger partial charge in [-0.25, -0.2) is 8.42 Å². The summed E-state index contributed by atoms with van der Waals surface area (Å²) in [5.74, 6) is 2.60. The maximum atomic E-state index is 11.6. The van der Waals surface area contributed by atoms with Crippen molar-refractivity contribution in [1.82, 2.24) is 20.1 Å². The van der Waals surface area contributed by atoms with Crippen molar-refractivity contribution in [3.05, 3.63) is 5.82 Å². The van der Waals surface area contributed by atoms with Crippen LogP contribution in [-0.2, 0) is 23.4 Å². The summed E-state index contributed by atoms with van der Waals surface area (Å²) < 4.78 is 25.1. The van der Waals surface area contributed by atoms with Crippen LogP contribution in [0.2, 0.25) is 0 Å². The van der Waals surface area contributed by atoms with Crippen LogP contribution in [0.5, 0.6) is 0 Å². The van der Waals surface area contributed by atoms with Crippen LogP contribution in [0.1, 0.15) is 18.7 Å². The zero-order valence-electron chi connectivity index (χ0n) is 11.3. The fourth-order valence-electron chi connectivity index (χ4n) is 2.22. The van der Waals surface area contributed by atoms with E-state index in [0.29, 0.717) is 18.1 Å². The van der Waals surface area contributed by atoms with Crippen LogP contribution in [0.4, 0.5) is 0 Å². The summed E-state index contributed by atoms with van der Waals surface area (Å²) in [5, 5.41) is 12.1. The highest BCUT2D eigenvalue weighted by molar-refractivity contribution is 7.99. The van der Waals surface area contributed by atoms with Gasteiger partial charge < -0.3 is 9.88 Å². The van der Waals surface area contributed by atoms with Crippen LogP contribution in [-0.4, -0.2) is 47.5 Å². The van der Waals surface area contributed by atoms with Gasteiger partial charge in [-0.15, -0.1) is 10.2 Å². The molecule has 1 saturated heterocycles. The maximum absolute atomic E-state index is 11.6. The molecule has 1 fully saturated rings. The van der Waals surface area contributed by atoms with Gasteiger partial charge in [0.1, 0.15) is 5.82 Å². The second-order valence-corrected chi connectivity index (χ2v) is 8.14. The smallest absolute Gasteiger partial charge is 0.190 e. The van der Waals surface area contributed by atoms with E-state index in [1.54, 1.807) is 11.8 Å². The number of rotatable bonds is 5. The predicted molar refractivity (Wildman–Crippen MR) is 75.9 cm³/mol. The predicted octanol–water partition coefficient (Wildman–Crippen LogP) is 0.451. The average Bonchev–Trinajstić information content (AvgIpc) is 2.68. The summed E-state index contributed by atoms with van der Waals surface area (Å²) in [6.45, 7) is 0.682. The Bertz CT molecular complexity index is 527. The van der Waals surface area contributed by atoms with Crippen LogP contribution in [0.3, 0.4) is 0 Å². The molecule has 0 spiro atoms. The van der Waals surface area contributed by atoms with Gasteiger partial charge in [0.25, 0.3) is 0 Å². The average molecular weight is 304 g/mol. The highest BCUT2D eigenvalue weighted by Gasteiger charge is 2.25. The highest BCUT2D eigenvalue weighted by atomic mass is 32.2. The number of nitrogens with zero attached hydrogens (tertiary/aromatic N) is 3. The molecule has 0 amide bonds. The van der Waals surface area contributed by atoms with Crippen molar-refractivity contribution in [3.8, 4) is 0 Å². The SMILES string of the molecule is CNCc1nnc(SC[C@H]2CCCS(=O)(=O)C2)n1C. The molecule has 0 aliphatic carbocycles. The number of hydrogen-bond acceptors (Lipinski definition) is 6. The van der Waals surface area contributed by atoms with Gasteiger partial charge in [0.05, 0.1) is 18.1 Å². The molecular weight excluding hydrogens is 284 g/mol. The van der Waals surface area contributed by atoms with Crippen LogP contribution >= 0.6 is 11.8 Å². The Morgan fingerprint density at radius 2 is 2.26 bits per heavy atom. The van der Waals surface area contributed by atoms with Crippen molar-refractivity contribution in [3.63, 3.8) is 0 Å². The third-order valence-corrected chi connectivity index (χ3v) is 6.41. The number of aromatic nitrogens is 3. The second-order valence-electron chi connectivity index (χ2n) is 4.92. The Labute approximate surface area is 118 Å². The molecule has 0 bridgehead atoms. The lowest BCUT2D eigenvalue weighted by molar-refractivity contribution is 0.520. The van der Waals surface area contributed by atoms with E-state index in [2.05, 4.69) is 15.5 Å². The number of nitrogens with one attached hydrogen (secondary N) is 1. The minimum Gasteiger partial charge on any atom is -0.313 e. The fourth-order valence-corrected chi connectivity index (χ4v) is 5.22. The molecule has 19 heavy (non-hydrogen) atoms. The minimum atomic E-state index is -2.82. The molecule has 2 heterocycles. The monoisotopic (exact) mass is 304 g/mol. The first-order valence-electron chi connectivity index (χ1n) is 6.38. The van der Waals surface area contributed by atoms with Gasteiger partial charge in [0.2, 0.25) is 0 Å². The van der Waals surface area contributed by atoms with Crippen molar-refractivity contribution in [2.45, 2.75) is 24.5 Å². The molecule has 2 rings (SSSR count). The molecule has 1 aromatic rings. The molecule has 1 atom stereocenters. The van der Waals surface area contributed by atoms with Crippen molar-refractivity contribution < 1.29 is 8.42 Å². The summed E-state index contributed by atoms with van der Waals surface area (Å²) in [6, 6.07) is 0. The molecule has 1 aromatic heterocycles. The second kappa shape index (κ2) is 6.23. The van der Waals surface area contributed by atoms with Crippen molar-refractivity contribution >= 4 is 21.6 Å². The van der Waals surface area contributed by atoms with E-state index in [1.165, 1.54) is 0 Å². The molecule has 6 nitrogen and oxygen atoms in total. The van der Waals surface area contributed by atoms with Crippen molar-refractivity contribution in [2.24, 2.45) is 13.0 Å². The highest BCUT2D eigenvalue weighted by Crippen LogP contribution is 2.25. The van der Waals surface area contributed by atoms with E-state index in [1.807, 2.05) is 18.7 Å². The van der Waals surface area contributed by atoms with Crippen LogP contribution in [0.25, 0.3) is 0 Å². The lowest BCUT2D eigenvalue weighted by Crippen LogP contribution is -2.26. The quantitative estimate of drug-likeness (QED) is 0.796. The molecular formula is C11H20N4O2S2. The van der Waals surface area contributed by atoms with Gasteiger partial charge in [-0.1, -0.05) is 11.8 Å². The normalized spacial score (nSPS) is 22.5. The topological polar surface area (TPSA) is 76.9 Å². The summed E-state index contributed by atoms with van der Waals surface area (Å²) in [6.07, 6.45) is 1.78. The summed E-state index contributed by atoms with van der Waals surface area (Å²) in [5.41, 5.74) is 0. The standard InChI is InChI=1S/C11H20N4O2S2/c1-12-6-10-13-14-11(15(10)2)18-7-9-4-3-5-19(16,17)8-9/h9,12H,3-8H2,1-2H3/t9-/m1/s1. The zero-order chi connectivity index (χ0) is 13.9. The van der Waals surface area contributed by atoms with Crippen LogP contribution < -0.4 is 5.32 Å². The van der Waals surface area contributed by atoms with Crippen LogP contribution in [0, 0.1) is 5.92 Å². The third kappa shape index (κ3) is 3.93. The summed E-state index contributed by atoms with van der Waals surface area (Å²) in [4.78, 5) is 0. The van der Waals surface area contributed by atoms with Gasteiger partial charge in [0, 0.05) is 12.8 Å². The van der Waals surface area contributed by atoms with E-state index in [9.17, 15) is 8.42 Å². The Balaban J connectivity index is 1.92. The molecule has 108 valence electrons. The third-order valence-electron chi connectivity index (χ3n) is 3.27. The Morgan fingerprint density at radius 3 is 2.95 bits per heavy atom. The van der Waals surface area contributed by atoms with Crippen molar-refractivity contribution in [1.29, 1.82) is 0 Å². The zero-order valence-corrected chi connectivity index (χ0v) is 12.9. The first kappa shape index (κ1) is 14.8. The van der Waals surface area contributed by atoms with Gasteiger partial charge in [0.15, 0.2) is 15.0 Å². The van der Waals surface area contributed by atoms with E-state index in [0.717, 1.165) is 29.6 Å². The van der Waals surface area contributed by atoms with E-state index in [-0.39, 0.29) is 5.92 Å².